The van der Waals surface area contributed by atoms with Gasteiger partial charge in [-0.05, 0) is 38.3 Å². The number of nitrogens with one attached hydrogen (secondary N) is 1. The Hall–Kier alpha value is -1.88. The number of aromatic nitrogens is 3. The number of ether oxygens (including phenoxy) is 1. The molecule has 0 radical (unpaired) electrons. The van der Waals surface area contributed by atoms with E-state index in [0.29, 0.717) is 11.9 Å². The highest BCUT2D eigenvalue weighted by Crippen LogP contribution is 2.23. The van der Waals surface area contributed by atoms with Crippen LogP contribution < -0.4 is 10.1 Å². The Morgan fingerprint density at radius 3 is 2.90 bits per heavy atom. The first-order valence-corrected chi connectivity index (χ1v) is 7.14. The number of aryl methyl sites for hydroxylation is 2. The van der Waals surface area contributed by atoms with E-state index in [-0.39, 0.29) is 0 Å². The van der Waals surface area contributed by atoms with Crippen LogP contribution in [0.2, 0.25) is 0 Å². The predicted octanol–water partition coefficient (Wildman–Crippen LogP) is 2.65. The molecule has 5 heteroatoms. The van der Waals surface area contributed by atoms with E-state index in [2.05, 4.69) is 21.5 Å². The fourth-order valence-electron chi connectivity index (χ4n) is 2.06. The summed E-state index contributed by atoms with van der Waals surface area (Å²) >= 11 is 0. The van der Waals surface area contributed by atoms with Gasteiger partial charge in [-0.2, -0.15) is 5.10 Å². The molecule has 5 nitrogen and oxygen atoms in total. The van der Waals surface area contributed by atoms with Gasteiger partial charge in [-0.1, -0.05) is 0 Å². The van der Waals surface area contributed by atoms with Gasteiger partial charge in [0.05, 0.1) is 12.4 Å². The summed E-state index contributed by atoms with van der Waals surface area (Å²) in [6.45, 7) is 5.78. The molecule has 3 rings (SSSR count). The molecule has 0 amide bonds. The van der Waals surface area contributed by atoms with Crippen LogP contribution in [0.3, 0.4) is 0 Å². The zero-order valence-corrected chi connectivity index (χ0v) is 12.0. The molecule has 1 aliphatic carbocycles. The number of hydrogen-bond donors (Lipinski definition) is 1. The van der Waals surface area contributed by atoms with Crippen LogP contribution in [-0.4, -0.2) is 20.8 Å². The van der Waals surface area contributed by atoms with Crippen molar-refractivity contribution < 1.29 is 4.74 Å². The summed E-state index contributed by atoms with van der Waals surface area (Å²) in [7, 11) is 0. The van der Waals surface area contributed by atoms with Crippen molar-refractivity contribution in [1.29, 1.82) is 0 Å². The smallest absolute Gasteiger partial charge is 0.222 e. The molecular weight excluding hydrogens is 252 g/mol. The van der Waals surface area contributed by atoms with Crippen molar-refractivity contribution in [2.24, 2.45) is 0 Å². The van der Waals surface area contributed by atoms with E-state index in [0.717, 1.165) is 24.4 Å². The zero-order valence-electron chi connectivity index (χ0n) is 12.0. The molecule has 2 aromatic rings. The Balaban J connectivity index is 1.66. The maximum atomic E-state index is 5.77. The largest absolute Gasteiger partial charge is 0.435 e. The second-order valence-corrected chi connectivity index (χ2v) is 5.25. The number of hydrogen-bond acceptors (Lipinski definition) is 4. The maximum Gasteiger partial charge on any atom is 0.222 e. The number of pyridine rings is 1. The van der Waals surface area contributed by atoms with Gasteiger partial charge in [0.2, 0.25) is 5.88 Å². The van der Waals surface area contributed by atoms with Gasteiger partial charge in [-0.25, -0.2) is 4.98 Å². The van der Waals surface area contributed by atoms with Crippen LogP contribution in [0.1, 0.15) is 30.9 Å². The second-order valence-electron chi connectivity index (χ2n) is 5.25. The molecule has 1 aliphatic rings. The van der Waals surface area contributed by atoms with Gasteiger partial charge in [0.25, 0.3) is 0 Å². The topological polar surface area (TPSA) is 52.0 Å². The van der Waals surface area contributed by atoms with Crippen molar-refractivity contribution in [2.75, 3.05) is 0 Å². The highest BCUT2D eigenvalue weighted by molar-refractivity contribution is 5.32. The summed E-state index contributed by atoms with van der Waals surface area (Å²) in [5.74, 6) is 1.38. The number of nitrogens with zero attached hydrogens (tertiary/aromatic N) is 3. The highest BCUT2D eigenvalue weighted by atomic mass is 16.5. The quantitative estimate of drug-likeness (QED) is 0.878. The van der Waals surface area contributed by atoms with Gasteiger partial charge < -0.3 is 10.1 Å². The lowest BCUT2D eigenvalue weighted by atomic mass is 10.2. The zero-order chi connectivity index (χ0) is 13.9. The predicted molar refractivity (Wildman–Crippen MR) is 76.8 cm³/mol. The van der Waals surface area contributed by atoms with Crippen molar-refractivity contribution in [3.63, 3.8) is 0 Å². The Bertz CT molecular complexity index is 589. The fourth-order valence-corrected chi connectivity index (χ4v) is 2.06. The highest BCUT2D eigenvalue weighted by Gasteiger charge is 2.20. The van der Waals surface area contributed by atoms with Crippen LogP contribution in [0.5, 0.6) is 11.6 Å². The van der Waals surface area contributed by atoms with Crippen molar-refractivity contribution in [1.82, 2.24) is 20.1 Å². The van der Waals surface area contributed by atoms with Gasteiger partial charge in [0.15, 0.2) is 5.75 Å². The molecule has 1 saturated carbocycles. The van der Waals surface area contributed by atoms with Crippen LogP contribution in [0.4, 0.5) is 0 Å². The molecule has 1 N–H and O–H groups in total. The van der Waals surface area contributed by atoms with Gasteiger partial charge in [-0.15, -0.1) is 0 Å². The normalized spacial score (nSPS) is 14.5. The monoisotopic (exact) mass is 272 g/mol. The summed E-state index contributed by atoms with van der Waals surface area (Å²) in [6.07, 6.45) is 8.07. The molecule has 0 saturated heterocycles. The molecule has 2 heterocycles. The van der Waals surface area contributed by atoms with E-state index < -0.39 is 0 Å². The molecule has 1 fully saturated rings. The minimum absolute atomic E-state index is 0.649. The molecule has 20 heavy (non-hydrogen) atoms. The van der Waals surface area contributed by atoms with Crippen LogP contribution >= 0.6 is 0 Å². The molecule has 0 aliphatic heterocycles. The van der Waals surface area contributed by atoms with Crippen LogP contribution in [0, 0.1) is 6.92 Å². The van der Waals surface area contributed by atoms with Gasteiger partial charge in [0.1, 0.15) is 0 Å². The molecule has 106 valence electrons. The second kappa shape index (κ2) is 5.63. The van der Waals surface area contributed by atoms with Crippen LogP contribution in [-0.2, 0) is 13.1 Å². The molecule has 0 bridgehead atoms. The SMILES string of the molecule is CCn1cc(Oc2ncc(CNC3CC3)cc2C)cn1. The lowest BCUT2D eigenvalue weighted by Crippen LogP contribution is -2.15. The molecule has 0 aromatic carbocycles. The van der Waals surface area contributed by atoms with E-state index >= 15 is 0 Å². The molecule has 0 spiro atoms. The summed E-state index contributed by atoms with van der Waals surface area (Å²) in [5.41, 5.74) is 2.25. The molecule has 0 unspecified atom stereocenters. The summed E-state index contributed by atoms with van der Waals surface area (Å²) in [5, 5.41) is 7.67. The third kappa shape index (κ3) is 3.17. The van der Waals surface area contributed by atoms with Gasteiger partial charge >= 0.3 is 0 Å². The van der Waals surface area contributed by atoms with E-state index in [9.17, 15) is 0 Å². The molecule has 0 atom stereocenters. The Kier molecular flexibility index (Phi) is 3.69. The first kappa shape index (κ1) is 13.1. The first-order valence-electron chi connectivity index (χ1n) is 7.14. The third-order valence-corrected chi connectivity index (χ3v) is 3.41. The standard InChI is InChI=1S/C15H20N4O/c1-3-19-10-14(9-18-19)20-15-11(2)6-12(8-17-15)7-16-13-4-5-13/h6,8-10,13,16H,3-5,7H2,1-2H3. The average molecular weight is 272 g/mol. The minimum Gasteiger partial charge on any atom is -0.435 e. The van der Waals surface area contributed by atoms with E-state index in [4.69, 9.17) is 4.74 Å². The van der Waals surface area contributed by atoms with Crippen molar-refractivity contribution in [3.05, 3.63) is 35.8 Å². The van der Waals surface area contributed by atoms with Crippen molar-refractivity contribution in [3.8, 4) is 11.6 Å². The Labute approximate surface area is 119 Å². The summed E-state index contributed by atoms with van der Waals surface area (Å²) in [4.78, 5) is 4.41. The van der Waals surface area contributed by atoms with E-state index in [1.54, 1.807) is 6.20 Å². The first-order chi connectivity index (χ1) is 9.74. The van der Waals surface area contributed by atoms with Gasteiger partial charge in [0, 0.05) is 30.9 Å². The van der Waals surface area contributed by atoms with Crippen LogP contribution in [0.25, 0.3) is 0 Å². The summed E-state index contributed by atoms with van der Waals surface area (Å²) < 4.78 is 7.60. The molecule has 2 aromatic heterocycles. The molecular formula is C15H20N4O. The summed E-state index contributed by atoms with van der Waals surface area (Å²) in [6, 6.07) is 2.84. The Morgan fingerprint density at radius 2 is 2.25 bits per heavy atom. The number of rotatable bonds is 6. The lowest BCUT2D eigenvalue weighted by Gasteiger charge is -2.08. The van der Waals surface area contributed by atoms with Crippen molar-refractivity contribution in [2.45, 2.75) is 45.8 Å². The van der Waals surface area contributed by atoms with E-state index in [1.165, 1.54) is 18.4 Å². The minimum atomic E-state index is 0.649. The third-order valence-electron chi connectivity index (χ3n) is 3.41. The Morgan fingerprint density at radius 1 is 1.40 bits per heavy atom. The lowest BCUT2D eigenvalue weighted by molar-refractivity contribution is 0.457. The van der Waals surface area contributed by atoms with Gasteiger partial charge in [-0.3, -0.25) is 4.68 Å². The van der Waals surface area contributed by atoms with Crippen molar-refractivity contribution >= 4 is 0 Å². The fraction of sp³-hybridized carbons (Fsp3) is 0.467. The van der Waals surface area contributed by atoms with Crippen LogP contribution in [0.15, 0.2) is 24.7 Å². The maximum absolute atomic E-state index is 5.77. The van der Waals surface area contributed by atoms with E-state index in [1.807, 2.05) is 30.9 Å². The average Bonchev–Trinajstić information content (AvgIpc) is 3.17.